The van der Waals surface area contributed by atoms with Crippen molar-refractivity contribution in [1.29, 1.82) is 0 Å². The van der Waals surface area contributed by atoms with Crippen LogP contribution in [0.25, 0.3) is 17.0 Å². The molecule has 2 heterocycles. The van der Waals surface area contributed by atoms with E-state index in [2.05, 4.69) is 15.3 Å². The molecule has 0 saturated heterocycles. The van der Waals surface area contributed by atoms with E-state index in [0.717, 1.165) is 17.7 Å². The number of carbonyl (C=O) groups is 1. The van der Waals surface area contributed by atoms with Crippen LogP contribution in [-0.4, -0.2) is 27.4 Å². The second-order valence-corrected chi connectivity index (χ2v) is 6.33. The molecule has 1 N–H and O–H groups in total. The fraction of sp³-hybridized carbons (Fsp3) is 0.0952. The predicted octanol–water partition coefficient (Wildman–Crippen LogP) is 3.86. The average Bonchev–Trinajstić information content (AvgIpc) is 3.14. The molecule has 0 spiro atoms. The van der Waals surface area contributed by atoms with Crippen molar-refractivity contribution < 1.29 is 18.3 Å². The first kappa shape index (κ1) is 18.5. The molecule has 29 heavy (non-hydrogen) atoms. The van der Waals surface area contributed by atoms with Gasteiger partial charge in [0.25, 0.3) is 0 Å². The van der Waals surface area contributed by atoms with Crippen molar-refractivity contribution in [2.75, 3.05) is 12.4 Å². The average molecular weight is 394 g/mol. The molecule has 0 aliphatic rings. The molecule has 8 heteroatoms. The van der Waals surface area contributed by atoms with Crippen LogP contribution in [0.4, 0.5) is 14.5 Å². The summed E-state index contributed by atoms with van der Waals surface area (Å²) in [7, 11) is 1.49. The van der Waals surface area contributed by atoms with Gasteiger partial charge in [0.05, 0.1) is 24.9 Å². The van der Waals surface area contributed by atoms with Crippen LogP contribution in [0.5, 0.6) is 5.75 Å². The Labute approximate surface area is 164 Å². The van der Waals surface area contributed by atoms with Crippen LogP contribution in [0.15, 0.2) is 61.1 Å². The Hall–Kier alpha value is -3.81. The van der Waals surface area contributed by atoms with E-state index in [1.165, 1.54) is 13.2 Å². The maximum atomic E-state index is 13.8. The number of nitrogens with zero attached hydrogens (tertiary/aromatic N) is 3. The number of aromatic nitrogens is 3. The first-order valence-electron chi connectivity index (χ1n) is 8.75. The van der Waals surface area contributed by atoms with Gasteiger partial charge in [0.1, 0.15) is 17.4 Å². The molecular formula is C21H16F2N4O2. The zero-order valence-electron chi connectivity index (χ0n) is 15.4. The molecule has 0 bridgehead atoms. The van der Waals surface area contributed by atoms with Gasteiger partial charge >= 0.3 is 0 Å². The Morgan fingerprint density at radius 2 is 2.07 bits per heavy atom. The Bertz CT molecular complexity index is 1170. The number of carbonyl (C=O) groups excluding carboxylic acids is 1. The van der Waals surface area contributed by atoms with E-state index in [-0.39, 0.29) is 12.0 Å². The number of hydrogen-bond acceptors (Lipinski definition) is 4. The second-order valence-electron chi connectivity index (χ2n) is 6.33. The third-order valence-corrected chi connectivity index (χ3v) is 4.37. The maximum absolute atomic E-state index is 13.8. The van der Waals surface area contributed by atoms with Gasteiger partial charge in [-0.25, -0.2) is 18.7 Å². The van der Waals surface area contributed by atoms with Crippen molar-refractivity contribution >= 4 is 17.4 Å². The van der Waals surface area contributed by atoms with Gasteiger partial charge in [-0.15, -0.1) is 0 Å². The van der Waals surface area contributed by atoms with E-state index in [1.54, 1.807) is 28.8 Å². The number of fused-ring (bicyclic) bond motifs is 1. The van der Waals surface area contributed by atoms with Crippen molar-refractivity contribution in [3.63, 3.8) is 0 Å². The lowest BCUT2D eigenvalue weighted by Gasteiger charge is -2.12. The Morgan fingerprint density at radius 3 is 2.83 bits per heavy atom. The van der Waals surface area contributed by atoms with Gasteiger partial charge in [0.15, 0.2) is 0 Å². The highest BCUT2D eigenvalue weighted by molar-refractivity contribution is 5.94. The topological polar surface area (TPSA) is 68.5 Å². The molecule has 0 atom stereocenters. The fourth-order valence-corrected chi connectivity index (χ4v) is 2.97. The number of ether oxygens (including phenoxy) is 1. The number of amides is 1. The molecular weight excluding hydrogens is 378 g/mol. The van der Waals surface area contributed by atoms with E-state index in [0.29, 0.717) is 22.9 Å². The van der Waals surface area contributed by atoms with Crippen molar-refractivity contribution in [3.8, 4) is 17.0 Å². The second kappa shape index (κ2) is 7.67. The first-order chi connectivity index (χ1) is 14.0. The molecule has 4 rings (SSSR count). The smallest absolute Gasteiger partial charge is 0.234 e. The minimum Gasteiger partial charge on any atom is -0.495 e. The van der Waals surface area contributed by atoms with E-state index in [1.807, 2.05) is 18.5 Å². The number of imidazole rings is 1. The quantitative estimate of drug-likeness (QED) is 0.558. The van der Waals surface area contributed by atoms with Crippen molar-refractivity contribution in [2.45, 2.75) is 6.42 Å². The largest absolute Gasteiger partial charge is 0.495 e. The molecule has 2 aromatic heterocycles. The summed E-state index contributed by atoms with van der Waals surface area (Å²) in [4.78, 5) is 21.1. The highest BCUT2D eigenvalue weighted by atomic mass is 19.1. The number of halogens is 2. The highest BCUT2D eigenvalue weighted by Crippen LogP contribution is 2.30. The lowest BCUT2D eigenvalue weighted by atomic mass is 10.1. The summed E-state index contributed by atoms with van der Waals surface area (Å²) < 4.78 is 34.0. The van der Waals surface area contributed by atoms with E-state index >= 15 is 0 Å². The number of methoxy groups -OCH3 is 1. The van der Waals surface area contributed by atoms with Gasteiger partial charge in [-0.1, -0.05) is 6.07 Å². The van der Waals surface area contributed by atoms with Crippen LogP contribution in [0.1, 0.15) is 5.56 Å². The van der Waals surface area contributed by atoms with Gasteiger partial charge in [0.2, 0.25) is 11.7 Å². The van der Waals surface area contributed by atoms with Crippen molar-refractivity contribution in [2.24, 2.45) is 0 Å². The molecule has 0 unspecified atom stereocenters. The summed E-state index contributed by atoms with van der Waals surface area (Å²) in [6, 6.07) is 10.2. The van der Waals surface area contributed by atoms with Gasteiger partial charge in [-0.3, -0.25) is 9.20 Å². The van der Waals surface area contributed by atoms with Crippen molar-refractivity contribution in [1.82, 2.24) is 14.4 Å². The molecule has 146 valence electrons. The lowest BCUT2D eigenvalue weighted by Crippen LogP contribution is -2.16. The molecule has 0 saturated carbocycles. The van der Waals surface area contributed by atoms with Gasteiger partial charge < -0.3 is 10.1 Å². The third-order valence-electron chi connectivity index (χ3n) is 4.37. The summed E-state index contributed by atoms with van der Waals surface area (Å²) in [6.45, 7) is 0. The van der Waals surface area contributed by atoms with Gasteiger partial charge in [-0.05, 0) is 35.9 Å². The lowest BCUT2D eigenvalue weighted by molar-refractivity contribution is -0.115. The molecule has 0 aliphatic heterocycles. The van der Waals surface area contributed by atoms with Gasteiger partial charge in [-0.2, -0.15) is 0 Å². The summed E-state index contributed by atoms with van der Waals surface area (Å²) >= 11 is 0. The van der Waals surface area contributed by atoms with Crippen LogP contribution in [0.2, 0.25) is 0 Å². The summed E-state index contributed by atoms with van der Waals surface area (Å²) in [5.74, 6) is -0.914. The standard InChI is InChI=1S/C21H16F2N4O2/c1-29-19-6-4-14(18-12-27-8-2-7-24-21(27)26-18)9-17(19)25-20(28)10-13-3-5-15(22)11-16(13)23/h2-9,11-12H,10H2,1H3,(H,25,28). The molecule has 1 amide bonds. The van der Waals surface area contributed by atoms with Crippen LogP contribution < -0.4 is 10.1 Å². The third kappa shape index (κ3) is 3.91. The molecule has 0 fully saturated rings. The Balaban J connectivity index is 1.60. The minimum absolute atomic E-state index is 0.102. The Kier molecular flexibility index (Phi) is 4.90. The minimum atomic E-state index is -0.766. The van der Waals surface area contributed by atoms with E-state index in [9.17, 15) is 13.6 Å². The number of benzene rings is 2. The monoisotopic (exact) mass is 394 g/mol. The Morgan fingerprint density at radius 1 is 1.21 bits per heavy atom. The SMILES string of the molecule is COc1ccc(-c2cn3cccnc3n2)cc1NC(=O)Cc1ccc(F)cc1F. The van der Waals surface area contributed by atoms with Crippen LogP contribution in [0.3, 0.4) is 0 Å². The number of rotatable bonds is 5. The highest BCUT2D eigenvalue weighted by Gasteiger charge is 2.14. The molecule has 0 aliphatic carbocycles. The van der Waals surface area contributed by atoms with Gasteiger partial charge in [0, 0.05) is 30.2 Å². The molecule has 0 radical (unpaired) electrons. The van der Waals surface area contributed by atoms with Crippen molar-refractivity contribution in [3.05, 3.63) is 78.3 Å². The number of hydrogen-bond donors (Lipinski definition) is 1. The van der Waals surface area contributed by atoms with E-state index < -0.39 is 17.5 Å². The normalized spacial score (nSPS) is 10.9. The van der Waals surface area contributed by atoms with E-state index in [4.69, 9.17) is 4.74 Å². The maximum Gasteiger partial charge on any atom is 0.234 e. The summed E-state index contributed by atoms with van der Waals surface area (Å²) in [5.41, 5.74) is 1.94. The summed E-state index contributed by atoms with van der Waals surface area (Å²) in [6.07, 6.45) is 5.07. The fourth-order valence-electron chi connectivity index (χ4n) is 2.97. The van der Waals surface area contributed by atoms with Crippen LogP contribution >= 0.6 is 0 Å². The first-order valence-corrected chi connectivity index (χ1v) is 8.75. The number of nitrogens with one attached hydrogen (secondary N) is 1. The molecule has 6 nitrogen and oxygen atoms in total. The zero-order valence-corrected chi connectivity index (χ0v) is 15.4. The molecule has 2 aromatic carbocycles. The van der Waals surface area contributed by atoms with Crippen LogP contribution in [-0.2, 0) is 11.2 Å². The number of anilines is 1. The predicted molar refractivity (Wildman–Crippen MR) is 104 cm³/mol. The zero-order chi connectivity index (χ0) is 20.4. The van der Waals surface area contributed by atoms with Crippen LogP contribution in [0, 0.1) is 11.6 Å². The molecule has 4 aromatic rings. The summed E-state index contributed by atoms with van der Waals surface area (Å²) in [5, 5.41) is 2.72.